The van der Waals surface area contributed by atoms with E-state index in [9.17, 15) is 13.2 Å². The smallest absolute Gasteiger partial charge is 0.392 e. The first-order valence-corrected chi connectivity index (χ1v) is 6.10. The number of aliphatic hydroxyl groups is 1. The molecule has 96 valence electrons. The summed E-state index contributed by atoms with van der Waals surface area (Å²) in [5.74, 6) is 0.00317. The van der Waals surface area contributed by atoms with E-state index in [1.807, 2.05) is 18.2 Å². The van der Waals surface area contributed by atoms with Gasteiger partial charge in [-0.3, -0.25) is 0 Å². The summed E-state index contributed by atoms with van der Waals surface area (Å²) < 4.78 is 35.4. The Kier molecular flexibility index (Phi) is 5.80. The maximum absolute atomic E-state index is 11.8. The molecule has 0 spiro atoms. The van der Waals surface area contributed by atoms with Crippen molar-refractivity contribution in [2.24, 2.45) is 0 Å². The van der Waals surface area contributed by atoms with Gasteiger partial charge in [-0.1, -0.05) is 24.3 Å². The fourth-order valence-electron chi connectivity index (χ4n) is 1.31. The van der Waals surface area contributed by atoms with Crippen LogP contribution in [-0.4, -0.2) is 22.9 Å². The minimum atomic E-state index is -4.15. The Labute approximate surface area is 102 Å². The topological polar surface area (TPSA) is 32.3 Å². The van der Waals surface area contributed by atoms with Crippen molar-refractivity contribution in [2.75, 3.05) is 12.3 Å². The number of alkyl halides is 3. The second-order valence-electron chi connectivity index (χ2n) is 3.45. The lowest BCUT2D eigenvalue weighted by molar-refractivity contribution is -0.0327. The molecule has 0 aliphatic heterocycles. The second kappa shape index (κ2) is 6.88. The van der Waals surface area contributed by atoms with E-state index in [1.165, 1.54) is 0 Å². The van der Waals surface area contributed by atoms with Crippen LogP contribution in [0.1, 0.15) is 11.1 Å². The molecule has 0 saturated carbocycles. The molecule has 0 unspecified atom stereocenters. The zero-order valence-electron chi connectivity index (χ0n) is 9.13. The number of rotatable bonds is 6. The summed E-state index contributed by atoms with van der Waals surface area (Å²) in [6.45, 7) is 0.775. The van der Waals surface area contributed by atoms with Crippen LogP contribution in [0.15, 0.2) is 24.3 Å². The monoisotopic (exact) mass is 265 g/mol. The summed E-state index contributed by atoms with van der Waals surface area (Å²) >= 11 is -0.0261. The third kappa shape index (κ3) is 6.55. The Morgan fingerprint density at radius 3 is 2.59 bits per heavy atom. The van der Waals surface area contributed by atoms with Crippen molar-refractivity contribution in [3.8, 4) is 0 Å². The van der Waals surface area contributed by atoms with Crippen LogP contribution in [0.4, 0.5) is 13.2 Å². The van der Waals surface area contributed by atoms with Gasteiger partial charge in [0.2, 0.25) is 0 Å². The summed E-state index contributed by atoms with van der Waals surface area (Å²) in [7, 11) is 0. The molecule has 0 saturated heterocycles. The van der Waals surface area contributed by atoms with Crippen molar-refractivity contribution < 1.29 is 18.3 Å². The molecule has 0 bridgehead atoms. The van der Waals surface area contributed by atoms with E-state index >= 15 is 0 Å². The number of hydrogen-bond donors (Lipinski definition) is 2. The maximum atomic E-state index is 11.8. The molecule has 0 aromatic heterocycles. The third-order valence-corrected chi connectivity index (χ3v) is 2.78. The molecule has 0 radical (unpaired) electrons. The SMILES string of the molecule is OCc1cccc(CNCCSC(F)(F)F)c1. The van der Waals surface area contributed by atoms with E-state index in [0.29, 0.717) is 13.1 Å². The number of thioether (sulfide) groups is 1. The maximum Gasteiger partial charge on any atom is 0.441 e. The van der Waals surface area contributed by atoms with Gasteiger partial charge in [-0.05, 0) is 22.9 Å². The van der Waals surface area contributed by atoms with Crippen LogP contribution in [-0.2, 0) is 13.2 Å². The highest BCUT2D eigenvalue weighted by Crippen LogP contribution is 2.29. The van der Waals surface area contributed by atoms with E-state index in [1.54, 1.807) is 6.07 Å². The van der Waals surface area contributed by atoms with Crippen molar-refractivity contribution in [1.82, 2.24) is 5.32 Å². The van der Waals surface area contributed by atoms with Gasteiger partial charge in [-0.2, -0.15) is 13.2 Å². The zero-order valence-corrected chi connectivity index (χ0v) is 9.94. The molecule has 2 nitrogen and oxygen atoms in total. The van der Waals surface area contributed by atoms with Crippen LogP contribution in [0.3, 0.4) is 0 Å². The molecular weight excluding hydrogens is 251 g/mol. The second-order valence-corrected chi connectivity index (χ2v) is 4.61. The van der Waals surface area contributed by atoms with Gasteiger partial charge in [0.25, 0.3) is 0 Å². The number of aliphatic hydroxyl groups excluding tert-OH is 1. The number of benzene rings is 1. The molecule has 1 rings (SSSR count). The largest absolute Gasteiger partial charge is 0.441 e. The molecule has 0 heterocycles. The van der Waals surface area contributed by atoms with Gasteiger partial charge in [-0.25, -0.2) is 0 Å². The number of hydrogen-bond acceptors (Lipinski definition) is 3. The molecule has 1 aromatic carbocycles. The molecular formula is C11H14F3NOS. The standard InChI is InChI=1S/C11H14F3NOS/c12-11(13,14)17-5-4-15-7-9-2-1-3-10(6-9)8-16/h1-3,6,15-16H,4-5,7-8H2. The Morgan fingerprint density at radius 1 is 1.24 bits per heavy atom. The average molecular weight is 265 g/mol. The first-order chi connectivity index (χ1) is 8.01. The van der Waals surface area contributed by atoms with Crippen LogP contribution in [0, 0.1) is 0 Å². The van der Waals surface area contributed by atoms with Gasteiger partial charge >= 0.3 is 5.51 Å². The lowest BCUT2D eigenvalue weighted by Gasteiger charge is -2.07. The van der Waals surface area contributed by atoms with Crippen LogP contribution in [0.25, 0.3) is 0 Å². The third-order valence-electron chi connectivity index (χ3n) is 2.05. The van der Waals surface area contributed by atoms with Crippen molar-refractivity contribution in [3.63, 3.8) is 0 Å². The lowest BCUT2D eigenvalue weighted by atomic mass is 10.1. The van der Waals surface area contributed by atoms with E-state index in [-0.39, 0.29) is 24.1 Å². The Hall–Kier alpha value is -0.720. The van der Waals surface area contributed by atoms with Gasteiger partial charge in [0, 0.05) is 18.8 Å². The predicted molar refractivity (Wildman–Crippen MR) is 62.6 cm³/mol. The van der Waals surface area contributed by atoms with E-state index in [0.717, 1.165) is 11.1 Å². The lowest BCUT2D eigenvalue weighted by Crippen LogP contribution is -2.18. The highest BCUT2D eigenvalue weighted by molar-refractivity contribution is 8.00. The fraction of sp³-hybridized carbons (Fsp3) is 0.455. The minimum absolute atomic E-state index is 0.00317. The summed E-state index contributed by atoms with van der Waals surface area (Å²) in [5, 5.41) is 11.8. The summed E-state index contributed by atoms with van der Waals surface area (Å²) in [4.78, 5) is 0. The quantitative estimate of drug-likeness (QED) is 0.775. The first kappa shape index (κ1) is 14.3. The van der Waals surface area contributed by atoms with Crippen LogP contribution in [0.5, 0.6) is 0 Å². The van der Waals surface area contributed by atoms with Crippen LogP contribution < -0.4 is 5.32 Å². The van der Waals surface area contributed by atoms with E-state index < -0.39 is 5.51 Å². The molecule has 17 heavy (non-hydrogen) atoms. The van der Waals surface area contributed by atoms with Crippen molar-refractivity contribution >= 4 is 11.8 Å². The van der Waals surface area contributed by atoms with Crippen LogP contribution >= 0.6 is 11.8 Å². The molecule has 0 fully saturated rings. The molecule has 2 N–H and O–H groups in total. The Balaban J connectivity index is 2.22. The van der Waals surface area contributed by atoms with Gasteiger partial charge < -0.3 is 10.4 Å². The summed E-state index contributed by atoms with van der Waals surface area (Å²) in [6.07, 6.45) is 0. The average Bonchev–Trinajstić information content (AvgIpc) is 2.27. The van der Waals surface area contributed by atoms with Gasteiger partial charge in [0.05, 0.1) is 6.61 Å². The van der Waals surface area contributed by atoms with E-state index in [2.05, 4.69) is 5.32 Å². The van der Waals surface area contributed by atoms with Crippen molar-refractivity contribution in [1.29, 1.82) is 0 Å². The highest BCUT2D eigenvalue weighted by Gasteiger charge is 2.27. The number of nitrogens with one attached hydrogen (secondary N) is 1. The molecule has 0 aliphatic rings. The van der Waals surface area contributed by atoms with Gasteiger partial charge in [-0.15, -0.1) is 0 Å². The zero-order chi connectivity index (χ0) is 12.7. The fourth-order valence-corrected chi connectivity index (χ4v) is 1.79. The Morgan fingerprint density at radius 2 is 1.94 bits per heavy atom. The minimum Gasteiger partial charge on any atom is -0.392 e. The van der Waals surface area contributed by atoms with Gasteiger partial charge in [0.1, 0.15) is 0 Å². The van der Waals surface area contributed by atoms with E-state index in [4.69, 9.17) is 5.11 Å². The normalized spacial score (nSPS) is 11.8. The van der Waals surface area contributed by atoms with Gasteiger partial charge in [0.15, 0.2) is 0 Å². The molecule has 6 heteroatoms. The number of halogens is 3. The molecule has 1 aromatic rings. The molecule has 0 amide bonds. The Bertz CT molecular complexity index is 344. The van der Waals surface area contributed by atoms with Crippen LogP contribution in [0.2, 0.25) is 0 Å². The molecule has 0 aliphatic carbocycles. The predicted octanol–water partition coefficient (Wildman–Crippen LogP) is 2.52. The highest BCUT2D eigenvalue weighted by atomic mass is 32.2. The van der Waals surface area contributed by atoms with Crippen molar-refractivity contribution in [3.05, 3.63) is 35.4 Å². The first-order valence-electron chi connectivity index (χ1n) is 5.11. The summed E-state index contributed by atoms with van der Waals surface area (Å²) in [6, 6.07) is 7.29. The summed E-state index contributed by atoms with van der Waals surface area (Å²) in [5.41, 5.74) is -2.40. The van der Waals surface area contributed by atoms with Crippen molar-refractivity contribution in [2.45, 2.75) is 18.7 Å². The molecule has 0 atom stereocenters.